The topological polar surface area (TPSA) is 40.6 Å². The Labute approximate surface area is 183 Å². The van der Waals surface area contributed by atoms with Crippen LogP contribution in [0.25, 0.3) is 0 Å². The molecule has 3 saturated carbocycles. The van der Waals surface area contributed by atoms with E-state index in [1.807, 2.05) is 44.5 Å². The lowest BCUT2D eigenvalue weighted by molar-refractivity contribution is -0.144. The Kier molecular flexibility index (Phi) is 5.38. The van der Waals surface area contributed by atoms with Crippen LogP contribution in [-0.2, 0) is 9.59 Å². The minimum Gasteiger partial charge on any atom is -0.338 e. The quantitative estimate of drug-likeness (QED) is 0.608. The second-order valence-electron chi connectivity index (χ2n) is 11.8. The maximum absolute atomic E-state index is 13.6. The first-order chi connectivity index (χ1) is 14.0. The van der Waals surface area contributed by atoms with Crippen LogP contribution in [0, 0.1) is 28.6 Å². The van der Waals surface area contributed by atoms with Gasteiger partial charge in [-0.3, -0.25) is 9.59 Å². The lowest BCUT2D eigenvalue weighted by Gasteiger charge is -2.60. The van der Waals surface area contributed by atoms with Gasteiger partial charge in [-0.05, 0) is 89.4 Å². The van der Waals surface area contributed by atoms with Gasteiger partial charge in [0.15, 0.2) is 0 Å². The van der Waals surface area contributed by atoms with E-state index in [0.717, 1.165) is 18.3 Å². The Hall–Kier alpha value is -1.32. The van der Waals surface area contributed by atoms with Gasteiger partial charge in [0, 0.05) is 30.6 Å². The average molecular weight is 415 g/mol. The molecule has 1 unspecified atom stereocenters. The fourth-order valence-electron chi connectivity index (χ4n) is 8.24. The van der Waals surface area contributed by atoms with Crippen molar-refractivity contribution in [3.8, 4) is 0 Å². The second kappa shape index (κ2) is 7.38. The van der Waals surface area contributed by atoms with Crippen LogP contribution in [-0.4, -0.2) is 46.8 Å². The maximum Gasteiger partial charge on any atom is 0.259 e. The number of likely N-dealkylation sites (N-methyl/N-ethyl adjacent to an activating group) is 1. The van der Waals surface area contributed by atoms with E-state index in [1.54, 1.807) is 0 Å². The number of carbonyl (C=O) groups excluding carboxylic acids is 2. The summed E-state index contributed by atoms with van der Waals surface area (Å²) in [7, 11) is 1.93. The van der Waals surface area contributed by atoms with Gasteiger partial charge < -0.3 is 9.80 Å². The highest BCUT2D eigenvalue weighted by Crippen LogP contribution is 2.64. The largest absolute Gasteiger partial charge is 0.338 e. The number of fused-ring (bicyclic) bond motifs is 5. The zero-order valence-electron chi connectivity index (χ0n) is 20.2. The summed E-state index contributed by atoms with van der Waals surface area (Å²) in [4.78, 5) is 30.7. The van der Waals surface area contributed by atoms with Crippen molar-refractivity contribution in [2.24, 2.45) is 28.6 Å². The molecule has 0 radical (unpaired) electrons. The number of rotatable bonds is 3. The van der Waals surface area contributed by atoms with Crippen molar-refractivity contribution in [3.05, 3.63) is 11.6 Å². The molecule has 3 aliphatic carbocycles. The van der Waals surface area contributed by atoms with Crippen molar-refractivity contribution in [3.63, 3.8) is 0 Å². The Balaban J connectivity index is 1.73. The van der Waals surface area contributed by atoms with E-state index < -0.39 is 0 Å². The van der Waals surface area contributed by atoms with Crippen molar-refractivity contribution in [2.75, 3.05) is 7.05 Å². The lowest BCUT2D eigenvalue weighted by Crippen LogP contribution is -2.61. The molecule has 0 aromatic carbocycles. The van der Waals surface area contributed by atoms with Crippen molar-refractivity contribution in [1.82, 2.24) is 9.80 Å². The van der Waals surface area contributed by atoms with Crippen molar-refractivity contribution in [1.29, 1.82) is 0 Å². The minimum atomic E-state index is -0.0971. The van der Waals surface area contributed by atoms with Crippen LogP contribution in [0.1, 0.15) is 86.5 Å². The van der Waals surface area contributed by atoms with Crippen LogP contribution in [0.5, 0.6) is 0 Å². The molecule has 1 aliphatic heterocycles. The SMILES string of the molecule is CC(C)N(C(=O)C1=C[C@@]2(C)C(CC[C@@H]3[C@H]2CC[C@]2(C)CCC[C@@H]32)N(C)C1=O)C(C)C. The molecule has 30 heavy (non-hydrogen) atoms. The summed E-state index contributed by atoms with van der Waals surface area (Å²) < 4.78 is 0. The van der Waals surface area contributed by atoms with Crippen LogP contribution in [0.2, 0.25) is 0 Å². The van der Waals surface area contributed by atoms with Gasteiger partial charge in [0.1, 0.15) is 5.57 Å². The minimum absolute atomic E-state index is 0.0752. The molecule has 0 spiro atoms. The predicted molar refractivity (Wildman–Crippen MR) is 121 cm³/mol. The van der Waals surface area contributed by atoms with Gasteiger partial charge in [-0.2, -0.15) is 0 Å². The van der Waals surface area contributed by atoms with E-state index in [2.05, 4.69) is 19.9 Å². The molecule has 4 aliphatic rings. The molecule has 0 bridgehead atoms. The Morgan fingerprint density at radius 1 is 1.03 bits per heavy atom. The standard InChI is InChI=1S/C26H42N2O2/c1-16(2)28(17(3)4)24(30)19-15-26(6)21-12-14-25(5)13-8-9-20(25)18(21)10-11-22(26)27(7)23(19)29/h15-18,20-22H,8-14H2,1-7H3/t18-,20-,21+,22?,25-,26+/m0/s1. The Bertz CT molecular complexity index is 748. The van der Waals surface area contributed by atoms with Crippen molar-refractivity contribution in [2.45, 2.75) is 105 Å². The van der Waals surface area contributed by atoms with Crippen LogP contribution in [0.4, 0.5) is 0 Å². The van der Waals surface area contributed by atoms with E-state index in [9.17, 15) is 9.59 Å². The first kappa shape index (κ1) is 21.9. The Morgan fingerprint density at radius 3 is 2.33 bits per heavy atom. The molecular formula is C26H42N2O2. The van der Waals surface area contributed by atoms with Gasteiger partial charge in [-0.25, -0.2) is 0 Å². The van der Waals surface area contributed by atoms with Crippen LogP contribution < -0.4 is 0 Å². The van der Waals surface area contributed by atoms with Crippen LogP contribution in [0.15, 0.2) is 11.6 Å². The highest BCUT2D eigenvalue weighted by molar-refractivity contribution is 6.19. The first-order valence-electron chi connectivity index (χ1n) is 12.3. The number of nitrogens with zero attached hydrogens (tertiary/aromatic N) is 2. The molecule has 4 heteroatoms. The predicted octanol–water partition coefficient (Wildman–Crippen LogP) is 5.03. The molecule has 0 aromatic heterocycles. The second-order valence-corrected chi connectivity index (χ2v) is 11.8. The summed E-state index contributed by atoms with van der Waals surface area (Å²) in [5, 5.41) is 0. The summed E-state index contributed by atoms with van der Waals surface area (Å²) in [5.41, 5.74) is 0.842. The smallest absolute Gasteiger partial charge is 0.259 e. The van der Waals surface area contributed by atoms with E-state index >= 15 is 0 Å². The first-order valence-corrected chi connectivity index (χ1v) is 12.3. The molecule has 168 valence electrons. The average Bonchev–Trinajstić information content (AvgIpc) is 3.06. The molecule has 3 fully saturated rings. The van der Waals surface area contributed by atoms with Crippen molar-refractivity contribution < 1.29 is 9.59 Å². The van der Waals surface area contributed by atoms with Crippen LogP contribution >= 0.6 is 0 Å². The molecule has 0 N–H and O–H groups in total. The lowest BCUT2D eigenvalue weighted by atomic mass is 9.48. The third-order valence-electron chi connectivity index (χ3n) is 9.56. The molecule has 2 amide bonds. The number of hydrogen-bond donors (Lipinski definition) is 0. The van der Waals surface area contributed by atoms with E-state index in [4.69, 9.17) is 0 Å². The molecule has 0 saturated heterocycles. The molecule has 6 atom stereocenters. The third-order valence-corrected chi connectivity index (χ3v) is 9.56. The summed E-state index contributed by atoms with van der Waals surface area (Å²) in [6.45, 7) is 13.0. The molecular weight excluding hydrogens is 372 g/mol. The zero-order chi connectivity index (χ0) is 22.0. The summed E-state index contributed by atoms with van der Waals surface area (Å²) in [6.07, 6.45) is 11.1. The normalized spacial score (nSPS) is 40.8. The number of carbonyl (C=O) groups is 2. The van der Waals surface area contributed by atoms with Gasteiger partial charge in [-0.15, -0.1) is 0 Å². The monoisotopic (exact) mass is 414 g/mol. The fraction of sp³-hybridized carbons (Fsp3) is 0.846. The van der Waals surface area contributed by atoms with E-state index in [1.165, 1.54) is 38.5 Å². The number of hydrogen-bond acceptors (Lipinski definition) is 2. The number of amides is 2. The zero-order valence-corrected chi connectivity index (χ0v) is 20.2. The molecule has 0 aromatic rings. The third kappa shape index (κ3) is 3.07. The summed E-state index contributed by atoms with van der Waals surface area (Å²) in [5.74, 6) is 1.99. The van der Waals surface area contributed by atoms with Gasteiger partial charge in [-0.1, -0.05) is 26.3 Å². The van der Waals surface area contributed by atoms with Gasteiger partial charge in [0.2, 0.25) is 0 Å². The van der Waals surface area contributed by atoms with Gasteiger partial charge in [0.25, 0.3) is 11.8 Å². The van der Waals surface area contributed by atoms with Crippen LogP contribution in [0.3, 0.4) is 0 Å². The molecule has 4 nitrogen and oxygen atoms in total. The van der Waals surface area contributed by atoms with Crippen molar-refractivity contribution >= 4 is 11.8 Å². The van der Waals surface area contributed by atoms with Gasteiger partial charge >= 0.3 is 0 Å². The highest BCUT2D eigenvalue weighted by Gasteiger charge is 2.59. The molecule has 4 rings (SSSR count). The molecule has 1 heterocycles. The van der Waals surface area contributed by atoms with Gasteiger partial charge in [0.05, 0.1) is 0 Å². The maximum atomic E-state index is 13.6. The van der Waals surface area contributed by atoms with E-state index in [0.29, 0.717) is 16.9 Å². The summed E-state index contributed by atoms with van der Waals surface area (Å²) >= 11 is 0. The Morgan fingerprint density at radius 2 is 1.70 bits per heavy atom. The summed E-state index contributed by atoms with van der Waals surface area (Å²) in [6, 6.07) is 0.380. The fourth-order valence-corrected chi connectivity index (χ4v) is 8.24. The van der Waals surface area contributed by atoms with E-state index in [-0.39, 0.29) is 35.4 Å². The highest BCUT2D eigenvalue weighted by atomic mass is 16.2.